The number of unbranched alkanes of at least 4 members (excludes halogenated alkanes) is 1. The molecule has 0 radical (unpaired) electrons. The molecule has 1 fully saturated rings. The predicted molar refractivity (Wildman–Crippen MR) is 151 cm³/mol. The number of anilines is 2. The molecule has 2 aromatic rings. The molecule has 1 aromatic carbocycles. The van der Waals surface area contributed by atoms with Crippen molar-refractivity contribution in [3.05, 3.63) is 29.3 Å². The quantitative estimate of drug-likeness (QED) is 0.221. The van der Waals surface area contributed by atoms with Crippen LogP contribution in [0.15, 0.2) is 24.3 Å². The van der Waals surface area contributed by atoms with Crippen LogP contribution < -0.4 is 26.6 Å². The summed E-state index contributed by atoms with van der Waals surface area (Å²) in [4.78, 5) is 55.5. The van der Waals surface area contributed by atoms with E-state index in [4.69, 9.17) is 52.1 Å². The zero-order chi connectivity index (χ0) is 28.7. The molecule has 6 N–H and O–H groups in total. The number of carboxylic acids is 1. The molecule has 1 aliphatic heterocycles. The number of alkyl halides is 3. The zero-order valence-electron chi connectivity index (χ0n) is 20.6. The molecule has 3 rings (SSSR count). The maximum Gasteiger partial charge on any atom is 0.326 e. The highest BCUT2D eigenvalue weighted by Gasteiger charge is 2.32. The summed E-state index contributed by atoms with van der Waals surface area (Å²) in [6.45, 7) is 1.92. The number of nitrogens with two attached hydrogens (primary N) is 1. The maximum absolute atomic E-state index is 12.8. The summed E-state index contributed by atoms with van der Waals surface area (Å²) in [6, 6.07) is 4.74. The van der Waals surface area contributed by atoms with E-state index in [1.165, 1.54) is 0 Å². The van der Waals surface area contributed by atoms with Crippen molar-refractivity contribution in [2.24, 2.45) is 0 Å². The summed E-state index contributed by atoms with van der Waals surface area (Å²) in [7, 11) is 0. The maximum atomic E-state index is 12.8. The van der Waals surface area contributed by atoms with E-state index in [-0.39, 0.29) is 13.0 Å². The van der Waals surface area contributed by atoms with E-state index < -0.39 is 33.8 Å². The van der Waals surface area contributed by atoms with E-state index in [2.05, 4.69) is 20.5 Å². The van der Waals surface area contributed by atoms with Crippen LogP contribution >= 0.6 is 46.4 Å². The van der Waals surface area contributed by atoms with Gasteiger partial charge in [0.2, 0.25) is 0 Å². The molecule has 0 spiro atoms. The van der Waals surface area contributed by atoms with E-state index >= 15 is 0 Å². The molecule has 1 unspecified atom stereocenters. The molecule has 0 aliphatic carbocycles. The Morgan fingerprint density at radius 2 is 1.77 bits per heavy atom. The molecular formula is C23H27Cl4N7O5. The lowest BCUT2D eigenvalue weighted by Crippen LogP contribution is -2.54. The first-order valence-electron chi connectivity index (χ1n) is 11.9. The van der Waals surface area contributed by atoms with Gasteiger partial charge in [0, 0.05) is 54.9 Å². The minimum Gasteiger partial charge on any atom is -0.480 e. The number of fused-ring (bicyclic) bond motifs is 1. The Balaban J connectivity index is 1.45. The van der Waals surface area contributed by atoms with Gasteiger partial charge in [-0.2, -0.15) is 0 Å². The molecule has 0 bridgehead atoms. The number of piperazine rings is 1. The number of halogens is 4. The number of urea groups is 2. The van der Waals surface area contributed by atoms with Crippen molar-refractivity contribution in [1.82, 2.24) is 25.8 Å². The number of hydrogen-bond acceptors (Lipinski definition) is 7. The minimum absolute atomic E-state index is 0.140. The van der Waals surface area contributed by atoms with Crippen molar-refractivity contribution < 1.29 is 24.3 Å². The number of nitrogens with one attached hydrogen (secondary N) is 3. The van der Waals surface area contributed by atoms with E-state index in [9.17, 15) is 24.3 Å². The fourth-order valence-electron chi connectivity index (χ4n) is 4.01. The molecule has 16 heteroatoms. The average Bonchev–Trinajstić information content (AvgIpc) is 2.86. The Labute approximate surface area is 244 Å². The lowest BCUT2D eigenvalue weighted by molar-refractivity contribution is -0.139. The van der Waals surface area contributed by atoms with Crippen LogP contribution in [0.1, 0.15) is 19.3 Å². The number of carbonyl (C=O) groups excluding carboxylic acids is 3. The second kappa shape index (κ2) is 13.4. The van der Waals surface area contributed by atoms with Gasteiger partial charge < -0.3 is 31.3 Å². The molecule has 1 saturated heterocycles. The Morgan fingerprint density at radius 1 is 1.08 bits per heavy atom. The molecular weight excluding hydrogens is 596 g/mol. The van der Waals surface area contributed by atoms with Gasteiger partial charge in [0.05, 0.1) is 5.52 Å². The third-order valence-electron chi connectivity index (χ3n) is 5.96. The molecule has 0 saturated carbocycles. The average molecular weight is 623 g/mol. The van der Waals surface area contributed by atoms with Crippen molar-refractivity contribution in [2.45, 2.75) is 29.1 Å². The predicted octanol–water partition coefficient (Wildman–Crippen LogP) is 3.12. The van der Waals surface area contributed by atoms with Crippen LogP contribution in [0.2, 0.25) is 5.02 Å². The summed E-state index contributed by atoms with van der Waals surface area (Å²) in [6.07, 6.45) is 0.911. The molecule has 2 heterocycles. The van der Waals surface area contributed by atoms with Crippen LogP contribution in [0, 0.1) is 0 Å². The highest BCUT2D eigenvalue weighted by atomic mass is 35.6. The number of nitrogens with zero attached hydrogens (tertiary/aromatic N) is 3. The third-order valence-corrected chi connectivity index (χ3v) is 6.71. The monoisotopic (exact) mass is 621 g/mol. The van der Waals surface area contributed by atoms with Gasteiger partial charge in [-0.1, -0.05) is 46.4 Å². The van der Waals surface area contributed by atoms with E-state index in [1.54, 1.807) is 23.1 Å². The number of aromatic nitrogens is 1. The molecule has 1 aromatic heterocycles. The van der Waals surface area contributed by atoms with Crippen molar-refractivity contribution in [2.75, 3.05) is 43.4 Å². The Bertz CT molecular complexity index is 1230. The number of rotatable bonds is 8. The highest BCUT2D eigenvalue weighted by Crippen LogP contribution is 2.30. The molecule has 12 nitrogen and oxygen atoms in total. The normalized spacial score (nSPS) is 14.6. The number of imide groups is 1. The summed E-state index contributed by atoms with van der Waals surface area (Å²) >= 11 is 22.2. The fourth-order valence-corrected chi connectivity index (χ4v) is 4.31. The summed E-state index contributed by atoms with van der Waals surface area (Å²) < 4.78 is -2.27. The molecule has 5 amide bonds. The fraction of sp³-hybridized carbons (Fsp3) is 0.435. The zero-order valence-corrected chi connectivity index (χ0v) is 23.6. The van der Waals surface area contributed by atoms with Crippen molar-refractivity contribution >= 4 is 92.8 Å². The van der Waals surface area contributed by atoms with Gasteiger partial charge in [0.15, 0.2) is 0 Å². The summed E-state index contributed by atoms with van der Waals surface area (Å²) in [5.41, 5.74) is 7.55. The van der Waals surface area contributed by atoms with Crippen LogP contribution in [0.3, 0.4) is 0 Å². The topological polar surface area (TPSA) is 170 Å². The lowest BCUT2D eigenvalue weighted by Gasteiger charge is -2.37. The minimum atomic E-state index is -2.27. The van der Waals surface area contributed by atoms with Gasteiger partial charge in [0.1, 0.15) is 11.9 Å². The Morgan fingerprint density at radius 3 is 2.41 bits per heavy atom. The van der Waals surface area contributed by atoms with Gasteiger partial charge in [-0.3, -0.25) is 10.1 Å². The van der Waals surface area contributed by atoms with Crippen LogP contribution in [0.25, 0.3) is 10.9 Å². The van der Waals surface area contributed by atoms with Crippen LogP contribution in [-0.4, -0.2) is 81.5 Å². The van der Waals surface area contributed by atoms with Gasteiger partial charge in [-0.15, -0.1) is 0 Å². The number of hydrogen-bond donors (Lipinski definition) is 5. The second-order valence-corrected chi connectivity index (χ2v) is 11.5. The van der Waals surface area contributed by atoms with Crippen LogP contribution in [0.4, 0.5) is 21.1 Å². The largest absolute Gasteiger partial charge is 0.480 e. The van der Waals surface area contributed by atoms with Crippen molar-refractivity contribution in [1.29, 1.82) is 0 Å². The number of carboxylic acid groups (broad SMARTS) is 1. The van der Waals surface area contributed by atoms with E-state index in [0.717, 1.165) is 11.1 Å². The van der Waals surface area contributed by atoms with Gasteiger partial charge >= 0.3 is 18.0 Å². The number of carbonyl (C=O) groups is 4. The third kappa shape index (κ3) is 8.79. The first kappa shape index (κ1) is 30.6. The Kier molecular flexibility index (Phi) is 10.5. The molecule has 1 atom stereocenters. The van der Waals surface area contributed by atoms with Crippen molar-refractivity contribution in [3.8, 4) is 0 Å². The SMILES string of the molecule is Nc1cc(N2CCN(C(=O)NC(CCCCNC(=O)NC(=O)C(Cl)(Cl)Cl)C(=O)O)CC2)c2ccc(Cl)cc2n1. The second-order valence-electron chi connectivity index (χ2n) is 8.75. The lowest BCUT2D eigenvalue weighted by atomic mass is 10.1. The number of pyridine rings is 1. The molecule has 39 heavy (non-hydrogen) atoms. The van der Waals surface area contributed by atoms with E-state index in [0.29, 0.717) is 55.4 Å². The number of aliphatic carboxylic acids is 1. The smallest absolute Gasteiger partial charge is 0.326 e. The Hall–Kier alpha value is -2.93. The van der Waals surface area contributed by atoms with Gasteiger partial charge in [-0.25, -0.2) is 19.4 Å². The van der Waals surface area contributed by atoms with Crippen molar-refractivity contribution in [3.63, 3.8) is 0 Å². The van der Waals surface area contributed by atoms with Gasteiger partial charge in [0.25, 0.3) is 9.70 Å². The first-order valence-corrected chi connectivity index (χ1v) is 13.4. The molecule has 212 valence electrons. The summed E-state index contributed by atoms with van der Waals surface area (Å²) in [5.74, 6) is -1.91. The van der Waals surface area contributed by atoms with E-state index in [1.807, 2.05) is 11.4 Å². The summed E-state index contributed by atoms with van der Waals surface area (Å²) in [5, 5.41) is 17.8. The number of nitrogen functional groups attached to an aromatic ring is 1. The number of amides is 5. The first-order chi connectivity index (χ1) is 18.3. The highest BCUT2D eigenvalue weighted by molar-refractivity contribution is 6.76. The number of benzene rings is 1. The van der Waals surface area contributed by atoms with Crippen LogP contribution in [0.5, 0.6) is 0 Å². The van der Waals surface area contributed by atoms with Gasteiger partial charge in [-0.05, 0) is 37.5 Å². The van der Waals surface area contributed by atoms with Crippen LogP contribution in [-0.2, 0) is 9.59 Å². The molecule has 1 aliphatic rings. The standard InChI is InChI=1S/C23H27Cl4N7O5/c24-13-4-5-14-16(11-13)30-18(28)12-17(14)33-7-9-34(10-8-33)22(39)31-15(19(35)36)3-1-2-6-29-21(38)32-20(37)23(25,26)27/h4-5,11-12,15H,1-3,6-10H2,(H2,28,30)(H,31,39)(H,35,36)(H2,29,32,37,38).